The molecule has 114 valence electrons. The van der Waals surface area contributed by atoms with Crippen molar-refractivity contribution in [3.63, 3.8) is 0 Å². The van der Waals surface area contributed by atoms with Crippen molar-refractivity contribution in [3.8, 4) is 0 Å². The van der Waals surface area contributed by atoms with Gasteiger partial charge in [-0.05, 0) is 19.8 Å². The molecule has 0 saturated heterocycles. The van der Waals surface area contributed by atoms with Crippen LogP contribution in [0.15, 0.2) is 6.07 Å². The quantitative estimate of drug-likeness (QED) is 0.749. The molecule has 1 aromatic rings. The maximum absolute atomic E-state index is 12.1. The molecule has 0 spiro atoms. The van der Waals surface area contributed by atoms with Gasteiger partial charge in [0.2, 0.25) is 5.91 Å². The second-order valence-electron chi connectivity index (χ2n) is 6.72. The maximum Gasteiger partial charge on any atom is 0.228 e. The van der Waals surface area contributed by atoms with Crippen LogP contribution in [0.2, 0.25) is 0 Å². The van der Waals surface area contributed by atoms with E-state index in [2.05, 4.69) is 36.3 Å². The predicted octanol–water partition coefficient (Wildman–Crippen LogP) is 2.80. The monoisotopic (exact) mass is 280 g/mol. The van der Waals surface area contributed by atoms with Crippen molar-refractivity contribution < 1.29 is 4.79 Å². The minimum absolute atomic E-state index is 0.00113. The Morgan fingerprint density at radius 2 is 2.05 bits per heavy atom. The number of carbonyl (C=O) groups excluding carboxylic acids is 1. The molecule has 0 aliphatic carbocycles. The van der Waals surface area contributed by atoms with Crippen LogP contribution in [-0.2, 0) is 10.2 Å². The fourth-order valence-electron chi connectivity index (χ4n) is 1.90. The molecular formula is C15H28N4O. The van der Waals surface area contributed by atoms with Gasteiger partial charge in [0.05, 0.1) is 0 Å². The summed E-state index contributed by atoms with van der Waals surface area (Å²) in [5, 5.41) is 9.96. The van der Waals surface area contributed by atoms with E-state index >= 15 is 0 Å². The third kappa shape index (κ3) is 5.33. The Labute approximate surface area is 121 Å². The highest BCUT2D eigenvalue weighted by atomic mass is 16.1. The molecule has 0 radical (unpaired) electrons. The van der Waals surface area contributed by atoms with Crippen LogP contribution >= 0.6 is 0 Å². The predicted molar refractivity (Wildman–Crippen MR) is 82.6 cm³/mol. The van der Waals surface area contributed by atoms with E-state index in [4.69, 9.17) is 5.73 Å². The van der Waals surface area contributed by atoms with Crippen LogP contribution in [0.1, 0.15) is 59.6 Å². The van der Waals surface area contributed by atoms with Gasteiger partial charge >= 0.3 is 0 Å². The molecule has 0 saturated carbocycles. The minimum atomic E-state index is -0.0245. The van der Waals surface area contributed by atoms with Crippen molar-refractivity contribution in [3.05, 3.63) is 11.8 Å². The van der Waals surface area contributed by atoms with Crippen LogP contribution in [0.4, 0.5) is 5.82 Å². The molecule has 0 aromatic carbocycles. The van der Waals surface area contributed by atoms with Gasteiger partial charge in [-0.3, -0.25) is 9.89 Å². The Morgan fingerprint density at radius 3 is 2.55 bits per heavy atom. The van der Waals surface area contributed by atoms with Crippen LogP contribution in [0, 0.1) is 5.92 Å². The Kier molecular flexibility index (Phi) is 5.74. The van der Waals surface area contributed by atoms with Gasteiger partial charge < -0.3 is 11.1 Å². The Bertz CT molecular complexity index is 431. The van der Waals surface area contributed by atoms with E-state index < -0.39 is 0 Å². The van der Waals surface area contributed by atoms with Crippen LogP contribution in [0.3, 0.4) is 0 Å². The number of aromatic amines is 1. The van der Waals surface area contributed by atoms with Crippen molar-refractivity contribution in [2.75, 3.05) is 5.32 Å². The standard InChI is InChI=1S/C15H28N4O/c1-10(7-6-8-11(2)16)14(20)17-13-9-12(18-19-13)15(3,4)5/h9-11H,6-8,16H2,1-5H3,(H2,17,18,19,20). The zero-order valence-electron chi connectivity index (χ0n) is 13.3. The van der Waals surface area contributed by atoms with E-state index in [1.54, 1.807) is 0 Å². The molecule has 5 heteroatoms. The molecule has 0 bridgehead atoms. The highest BCUT2D eigenvalue weighted by Gasteiger charge is 2.19. The third-order valence-corrected chi connectivity index (χ3v) is 3.38. The molecule has 20 heavy (non-hydrogen) atoms. The summed E-state index contributed by atoms with van der Waals surface area (Å²) in [6.45, 7) is 10.2. The molecule has 0 fully saturated rings. The summed E-state index contributed by atoms with van der Waals surface area (Å²) in [6, 6.07) is 2.10. The van der Waals surface area contributed by atoms with Gasteiger partial charge in [0.15, 0.2) is 5.82 Å². The molecule has 1 amide bonds. The molecule has 1 aromatic heterocycles. The topological polar surface area (TPSA) is 83.8 Å². The van der Waals surface area contributed by atoms with Crippen molar-refractivity contribution in [2.45, 2.75) is 65.3 Å². The van der Waals surface area contributed by atoms with Gasteiger partial charge in [-0.25, -0.2) is 0 Å². The zero-order chi connectivity index (χ0) is 15.3. The lowest BCUT2D eigenvalue weighted by Crippen LogP contribution is -2.21. The molecule has 2 unspecified atom stereocenters. The first-order valence-electron chi connectivity index (χ1n) is 7.32. The van der Waals surface area contributed by atoms with Crippen molar-refractivity contribution in [2.24, 2.45) is 11.7 Å². The molecule has 5 nitrogen and oxygen atoms in total. The number of hydrogen-bond acceptors (Lipinski definition) is 3. The Morgan fingerprint density at radius 1 is 1.40 bits per heavy atom. The van der Waals surface area contributed by atoms with E-state index in [1.165, 1.54) is 0 Å². The molecule has 0 aliphatic rings. The van der Waals surface area contributed by atoms with Crippen molar-refractivity contribution in [1.82, 2.24) is 10.2 Å². The van der Waals surface area contributed by atoms with Gasteiger partial charge in [0.25, 0.3) is 0 Å². The summed E-state index contributed by atoms with van der Waals surface area (Å²) in [4.78, 5) is 12.1. The first-order valence-corrected chi connectivity index (χ1v) is 7.32. The highest BCUT2D eigenvalue weighted by molar-refractivity contribution is 5.91. The normalized spacial score (nSPS) is 14.9. The van der Waals surface area contributed by atoms with E-state index in [0.29, 0.717) is 5.82 Å². The second-order valence-corrected chi connectivity index (χ2v) is 6.72. The maximum atomic E-state index is 12.1. The van der Waals surface area contributed by atoms with E-state index in [9.17, 15) is 4.79 Å². The summed E-state index contributed by atoms with van der Waals surface area (Å²) in [5.41, 5.74) is 6.72. The number of carbonyl (C=O) groups is 1. The molecule has 0 aliphatic heterocycles. The number of rotatable bonds is 6. The fraction of sp³-hybridized carbons (Fsp3) is 0.733. The Balaban J connectivity index is 2.47. The average Bonchev–Trinajstić information content (AvgIpc) is 2.76. The van der Waals surface area contributed by atoms with Crippen LogP contribution in [-0.4, -0.2) is 22.1 Å². The van der Waals surface area contributed by atoms with Crippen LogP contribution in [0.25, 0.3) is 0 Å². The number of amides is 1. The van der Waals surface area contributed by atoms with Gasteiger partial charge in [-0.2, -0.15) is 5.10 Å². The summed E-state index contributed by atoms with van der Waals surface area (Å²) in [7, 11) is 0. The van der Waals surface area contributed by atoms with Crippen LogP contribution in [0.5, 0.6) is 0 Å². The number of anilines is 1. The molecular weight excluding hydrogens is 252 g/mol. The number of H-pyrrole nitrogens is 1. The summed E-state index contributed by atoms with van der Waals surface area (Å²) < 4.78 is 0. The van der Waals surface area contributed by atoms with E-state index in [-0.39, 0.29) is 23.3 Å². The number of hydrogen-bond donors (Lipinski definition) is 3. The number of aromatic nitrogens is 2. The van der Waals surface area contributed by atoms with Gasteiger partial charge in [-0.15, -0.1) is 0 Å². The lowest BCUT2D eigenvalue weighted by Gasteiger charge is -2.14. The lowest BCUT2D eigenvalue weighted by atomic mass is 9.92. The largest absolute Gasteiger partial charge is 0.328 e. The number of nitrogens with two attached hydrogens (primary N) is 1. The highest BCUT2D eigenvalue weighted by Crippen LogP contribution is 2.22. The first kappa shape index (κ1) is 16.7. The average molecular weight is 280 g/mol. The third-order valence-electron chi connectivity index (χ3n) is 3.38. The van der Waals surface area contributed by atoms with E-state index in [1.807, 2.05) is 19.9 Å². The SMILES string of the molecule is CC(N)CCCC(C)C(=O)Nc1cc(C(C)(C)C)[nH]n1. The van der Waals surface area contributed by atoms with Crippen molar-refractivity contribution in [1.29, 1.82) is 0 Å². The molecule has 2 atom stereocenters. The zero-order valence-corrected chi connectivity index (χ0v) is 13.3. The van der Waals surface area contributed by atoms with Gasteiger partial charge in [-0.1, -0.05) is 34.1 Å². The van der Waals surface area contributed by atoms with Crippen LogP contribution < -0.4 is 11.1 Å². The summed E-state index contributed by atoms with van der Waals surface area (Å²) in [5.74, 6) is 0.587. The lowest BCUT2D eigenvalue weighted by molar-refractivity contribution is -0.119. The van der Waals surface area contributed by atoms with Gasteiger partial charge in [0, 0.05) is 29.1 Å². The number of nitrogens with zero attached hydrogens (tertiary/aromatic N) is 1. The van der Waals surface area contributed by atoms with Crippen molar-refractivity contribution >= 4 is 11.7 Å². The minimum Gasteiger partial charge on any atom is -0.328 e. The first-order chi connectivity index (χ1) is 9.20. The summed E-state index contributed by atoms with van der Waals surface area (Å²) >= 11 is 0. The Hall–Kier alpha value is -1.36. The fourth-order valence-corrected chi connectivity index (χ4v) is 1.90. The second kappa shape index (κ2) is 6.88. The smallest absolute Gasteiger partial charge is 0.228 e. The van der Waals surface area contributed by atoms with Gasteiger partial charge in [0.1, 0.15) is 0 Å². The number of nitrogens with one attached hydrogen (secondary N) is 2. The molecule has 1 heterocycles. The van der Waals surface area contributed by atoms with E-state index in [0.717, 1.165) is 25.0 Å². The molecule has 1 rings (SSSR count). The summed E-state index contributed by atoms with van der Waals surface area (Å²) in [6.07, 6.45) is 2.78. The molecule has 4 N–H and O–H groups in total.